The first-order valence-electron chi connectivity index (χ1n) is 7.73. The van der Waals surface area contributed by atoms with E-state index in [2.05, 4.69) is 0 Å². The first-order valence-corrected chi connectivity index (χ1v) is 9.34. The highest BCUT2D eigenvalue weighted by Gasteiger charge is 2.27. The predicted octanol–water partition coefficient (Wildman–Crippen LogP) is 1.42. The first kappa shape index (κ1) is 17.0. The van der Waals surface area contributed by atoms with Gasteiger partial charge >= 0.3 is 0 Å². The molecule has 6 heteroatoms. The van der Waals surface area contributed by atoms with E-state index in [4.69, 9.17) is 0 Å². The lowest BCUT2D eigenvalue weighted by Crippen LogP contribution is -2.50. The van der Waals surface area contributed by atoms with Crippen LogP contribution >= 0.6 is 0 Å². The molecule has 0 aromatic heterocycles. The SMILES string of the molecule is CCS(=O)(=O)N1CCN(C(=O)CCc2ccc(C)cc2)CC1. The van der Waals surface area contributed by atoms with Crippen molar-refractivity contribution in [3.05, 3.63) is 35.4 Å². The van der Waals surface area contributed by atoms with Gasteiger partial charge in [-0.25, -0.2) is 8.42 Å². The van der Waals surface area contributed by atoms with Gasteiger partial charge in [-0.3, -0.25) is 4.79 Å². The summed E-state index contributed by atoms with van der Waals surface area (Å²) in [5.74, 6) is 0.225. The van der Waals surface area contributed by atoms with Gasteiger partial charge in [0.1, 0.15) is 0 Å². The Kier molecular flexibility index (Phi) is 5.58. The Morgan fingerprint density at radius 3 is 2.23 bits per heavy atom. The number of hydrogen-bond donors (Lipinski definition) is 0. The monoisotopic (exact) mass is 324 g/mol. The van der Waals surface area contributed by atoms with E-state index in [1.807, 2.05) is 31.2 Å². The second-order valence-electron chi connectivity index (χ2n) is 5.67. The minimum atomic E-state index is -3.13. The number of nitrogens with zero attached hydrogens (tertiary/aromatic N) is 2. The average Bonchev–Trinajstić information content (AvgIpc) is 2.54. The van der Waals surface area contributed by atoms with Gasteiger partial charge in [0.2, 0.25) is 15.9 Å². The molecule has 1 aromatic rings. The summed E-state index contributed by atoms with van der Waals surface area (Å²) >= 11 is 0. The van der Waals surface area contributed by atoms with Crippen LogP contribution in [0, 0.1) is 6.92 Å². The van der Waals surface area contributed by atoms with Crippen LogP contribution in [0.3, 0.4) is 0 Å². The number of carbonyl (C=O) groups is 1. The van der Waals surface area contributed by atoms with Crippen LogP contribution in [0.5, 0.6) is 0 Å². The molecule has 5 nitrogen and oxygen atoms in total. The molecule has 1 aromatic carbocycles. The summed E-state index contributed by atoms with van der Waals surface area (Å²) in [6.45, 7) is 5.49. The fourth-order valence-corrected chi connectivity index (χ4v) is 3.65. The van der Waals surface area contributed by atoms with Gasteiger partial charge in [0.15, 0.2) is 0 Å². The van der Waals surface area contributed by atoms with Crippen LogP contribution < -0.4 is 0 Å². The Hall–Kier alpha value is -1.40. The molecule has 1 aliphatic rings. The molecule has 1 fully saturated rings. The minimum absolute atomic E-state index is 0.106. The van der Waals surface area contributed by atoms with Gasteiger partial charge in [-0.05, 0) is 25.8 Å². The quantitative estimate of drug-likeness (QED) is 0.823. The van der Waals surface area contributed by atoms with Gasteiger partial charge in [-0.2, -0.15) is 4.31 Å². The van der Waals surface area contributed by atoms with Crippen molar-refractivity contribution in [2.45, 2.75) is 26.7 Å². The molecule has 0 saturated carbocycles. The van der Waals surface area contributed by atoms with E-state index in [-0.39, 0.29) is 11.7 Å². The predicted molar refractivity (Wildman–Crippen MR) is 87.1 cm³/mol. The molecule has 1 aliphatic heterocycles. The Morgan fingerprint density at radius 1 is 1.09 bits per heavy atom. The number of amides is 1. The van der Waals surface area contributed by atoms with Gasteiger partial charge in [0.25, 0.3) is 0 Å². The van der Waals surface area contributed by atoms with E-state index in [9.17, 15) is 13.2 Å². The normalized spacial score (nSPS) is 16.7. The molecule has 0 atom stereocenters. The second-order valence-corrected chi connectivity index (χ2v) is 7.92. The first-order chi connectivity index (χ1) is 10.4. The third-order valence-corrected chi connectivity index (χ3v) is 5.98. The molecule has 1 saturated heterocycles. The molecule has 122 valence electrons. The van der Waals surface area contributed by atoms with Crippen LogP contribution in [0.15, 0.2) is 24.3 Å². The maximum Gasteiger partial charge on any atom is 0.222 e. The lowest BCUT2D eigenvalue weighted by atomic mass is 10.1. The van der Waals surface area contributed by atoms with Crippen molar-refractivity contribution in [3.8, 4) is 0 Å². The highest BCUT2D eigenvalue weighted by atomic mass is 32.2. The molecule has 0 N–H and O–H groups in total. The molecule has 0 radical (unpaired) electrons. The zero-order chi connectivity index (χ0) is 16.2. The molecule has 1 amide bonds. The fourth-order valence-electron chi connectivity index (χ4n) is 2.56. The maximum absolute atomic E-state index is 12.2. The van der Waals surface area contributed by atoms with E-state index < -0.39 is 10.0 Å². The molecular weight excluding hydrogens is 300 g/mol. The van der Waals surface area contributed by atoms with Gasteiger partial charge in [-0.1, -0.05) is 29.8 Å². The molecule has 22 heavy (non-hydrogen) atoms. The Bertz CT molecular complexity index is 603. The van der Waals surface area contributed by atoms with Crippen LogP contribution in [-0.2, 0) is 21.2 Å². The lowest BCUT2D eigenvalue weighted by molar-refractivity contribution is -0.132. The largest absolute Gasteiger partial charge is 0.340 e. The van der Waals surface area contributed by atoms with Gasteiger partial charge in [-0.15, -0.1) is 0 Å². The number of hydrogen-bond acceptors (Lipinski definition) is 3. The number of carbonyl (C=O) groups excluding carboxylic acids is 1. The summed E-state index contributed by atoms with van der Waals surface area (Å²) in [4.78, 5) is 14.0. The summed E-state index contributed by atoms with van der Waals surface area (Å²) in [5, 5.41) is 0. The molecule has 0 unspecified atom stereocenters. The molecular formula is C16H24N2O3S. The highest BCUT2D eigenvalue weighted by Crippen LogP contribution is 2.11. The van der Waals surface area contributed by atoms with Crippen LogP contribution in [0.1, 0.15) is 24.5 Å². The third kappa shape index (κ3) is 4.30. The molecule has 1 heterocycles. The number of aryl methyl sites for hydroxylation is 2. The number of sulfonamides is 1. The molecule has 2 rings (SSSR count). The smallest absolute Gasteiger partial charge is 0.222 e. The Labute approximate surface area is 133 Å². The van der Waals surface area contributed by atoms with E-state index in [1.165, 1.54) is 9.87 Å². The number of piperazine rings is 1. The Morgan fingerprint density at radius 2 is 1.68 bits per heavy atom. The highest BCUT2D eigenvalue weighted by molar-refractivity contribution is 7.89. The topological polar surface area (TPSA) is 57.7 Å². The van der Waals surface area contributed by atoms with Gasteiger partial charge in [0, 0.05) is 32.6 Å². The fraction of sp³-hybridized carbons (Fsp3) is 0.562. The summed E-state index contributed by atoms with van der Waals surface area (Å²) in [6, 6.07) is 8.20. The van der Waals surface area contributed by atoms with Gasteiger partial charge in [0.05, 0.1) is 5.75 Å². The van der Waals surface area contributed by atoms with E-state index in [0.29, 0.717) is 32.6 Å². The zero-order valence-corrected chi connectivity index (χ0v) is 14.1. The lowest BCUT2D eigenvalue weighted by Gasteiger charge is -2.33. The number of rotatable bonds is 5. The average molecular weight is 324 g/mol. The van der Waals surface area contributed by atoms with E-state index >= 15 is 0 Å². The molecule has 0 spiro atoms. The van der Waals surface area contributed by atoms with Crippen molar-refractivity contribution >= 4 is 15.9 Å². The standard InChI is InChI=1S/C16H24N2O3S/c1-3-22(20,21)18-12-10-17(11-13-18)16(19)9-8-15-6-4-14(2)5-7-15/h4-7H,3,8-13H2,1-2H3. The summed E-state index contributed by atoms with van der Waals surface area (Å²) in [5.41, 5.74) is 2.37. The van der Waals surface area contributed by atoms with Crippen LogP contribution in [0.4, 0.5) is 0 Å². The number of benzene rings is 1. The van der Waals surface area contributed by atoms with Crippen molar-refractivity contribution in [1.29, 1.82) is 0 Å². The van der Waals surface area contributed by atoms with Gasteiger partial charge < -0.3 is 4.90 Å². The third-order valence-electron chi connectivity index (χ3n) is 4.10. The molecule has 0 bridgehead atoms. The molecule has 0 aliphatic carbocycles. The maximum atomic E-state index is 12.2. The van der Waals surface area contributed by atoms with Crippen molar-refractivity contribution in [1.82, 2.24) is 9.21 Å². The van der Waals surface area contributed by atoms with Crippen LogP contribution in [-0.4, -0.2) is 55.5 Å². The zero-order valence-electron chi connectivity index (χ0n) is 13.3. The van der Waals surface area contributed by atoms with Crippen molar-refractivity contribution in [2.24, 2.45) is 0 Å². The Balaban J connectivity index is 1.81. The van der Waals surface area contributed by atoms with Crippen molar-refractivity contribution in [2.75, 3.05) is 31.9 Å². The van der Waals surface area contributed by atoms with Crippen LogP contribution in [0.25, 0.3) is 0 Å². The van der Waals surface area contributed by atoms with Crippen molar-refractivity contribution in [3.63, 3.8) is 0 Å². The second kappa shape index (κ2) is 7.24. The summed E-state index contributed by atoms with van der Waals surface area (Å²) < 4.78 is 25.1. The minimum Gasteiger partial charge on any atom is -0.340 e. The van der Waals surface area contributed by atoms with E-state index in [0.717, 1.165) is 12.0 Å². The summed E-state index contributed by atoms with van der Waals surface area (Å²) in [7, 11) is -3.13. The van der Waals surface area contributed by atoms with Crippen molar-refractivity contribution < 1.29 is 13.2 Å². The summed E-state index contributed by atoms with van der Waals surface area (Å²) in [6.07, 6.45) is 1.20. The van der Waals surface area contributed by atoms with E-state index in [1.54, 1.807) is 11.8 Å². The van der Waals surface area contributed by atoms with Crippen LogP contribution in [0.2, 0.25) is 0 Å².